The number of rotatable bonds is 4. The standard InChI is InChI=1S/C20H22FN3O3/c1-14(20(25)22-16-4-7-18-19(12-16)27-13-26-18)23-8-10-24(11-9-23)17-5-2-15(21)3-6-17/h2-7,12,14H,8-11,13H2,1H3,(H,22,25)/p+1/t14-/m1/s1. The fourth-order valence-electron chi connectivity index (χ4n) is 3.55. The van der Waals surface area contributed by atoms with Crippen LogP contribution in [0.5, 0.6) is 11.5 Å². The van der Waals surface area contributed by atoms with E-state index in [9.17, 15) is 9.18 Å². The molecule has 0 bridgehead atoms. The lowest BCUT2D eigenvalue weighted by Crippen LogP contribution is -3.19. The monoisotopic (exact) mass is 372 g/mol. The van der Waals surface area contributed by atoms with Crippen molar-refractivity contribution >= 4 is 17.3 Å². The maximum Gasteiger partial charge on any atom is 0.282 e. The van der Waals surface area contributed by atoms with E-state index in [0.717, 1.165) is 31.9 Å². The average Bonchev–Trinajstić information content (AvgIpc) is 3.16. The van der Waals surface area contributed by atoms with Crippen molar-refractivity contribution in [3.63, 3.8) is 0 Å². The van der Waals surface area contributed by atoms with Crippen LogP contribution in [0.25, 0.3) is 0 Å². The minimum atomic E-state index is -0.225. The van der Waals surface area contributed by atoms with Crippen LogP contribution in [-0.2, 0) is 4.79 Å². The molecule has 27 heavy (non-hydrogen) atoms. The molecular weight excluding hydrogens is 349 g/mol. The van der Waals surface area contributed by atoms with Crippen LogP contribution < -0.4 is 24.6 Å². The number of nitrogens with one attached hydrogen (secondary N) is 2. The third-order valence-electron chi connectivity index (χ3n) is 5.24. The number of hydrogen-bond acceptors (Lipinski definition) is 4. The molecule has 2 aromatic rings. The van der Waals surface area contributed by atoms with Crippen molar-refractivity contribution in [3.8, 4) is 11.5 Å². The van der Waals surface area contributed by atoms with Crippen LogP contribution in [0.1, 0.15) is 6.92 Å². The Kier molecular flexibility index (Phi) is 4.85. The first-order valence-electron chi connectivity index (χ1n) is 9.16. The Morgan fingerprint density at radius 1 is 1.11 bits per heavy atom. The van der Waals surface area contributed by atoms with Gasteiger partial charge in [-0.15, -0.1) is 0 Å². The number of amides is 1. The number of carbonyl (C=O) groups excluding carboxylic acids is 1. The molecule has 1 saturated heterocycles. The van der Waals surface area contributed by atoms with Crippen LogP contribution >= 0.6 is 0 Å². The third-order valence-corrected chi connectivity index (χ3v) is 5.24. The molecule has 2 heterocycles. The first kappa shape index (κ1) is 17.6. The van der Waals surface area contributed by atoms with Gasteiger partial charge in [0, 0.05) is 17.4 Å². The largest absolute Gasteiger partial charge is 0.454 e. The quantitative estimate of drug-likeness (QED) is 0.849. The van der Waals surface area contributed by atoms with Gasteiger partial charge in [-0.3, -0.25) is 4.79 Å². The third kappa shape index (κ3) is 3.83. The Morgan fingerprint density at radius 3 is 2.56 bits per heavy atom. The summed E-state index contributed by atoms with van der Waals surface area (Å²) in [5, 5.41) is 2.97. The average molecular weight is 372 g/mol. The topological polar surface area (TPSA) is 55.2 Å². The van der Waals surface area contributed by atoms with E-state index in [1.807, 2.05) is 13.0 Å². The number of halogens is 1. The van der Waals surface area contributed by atoms with E-state index in [1.54, 1.807) is 24.3 Å². The second-order valence-corrected chi connectivity index (χ2v) is 6.90. The summed E-state index contributed by atoms with van der Waals surface area (Å²) in [6.07, 6.45) is 0. The van der Waals surface area contributed by atoms with Crippen molar-refractivity contribution in [3.05, 3.63) is 48.3 Å². The minimum Gasteiger partial charge on any atom is -0.454 e. The van der Waals surface area contributed by atoms with Gasteiger partial charge in [0.1, 0.15) is 5.82 Å². The number of quaternary nitrogens is 1. The van der Waals surface area contributed by atoms with Gasteiger partial charge in [0.05, 0.1) is 26.2 Å². The SMILES string of the molecule is C[C@H](C(=O)Nc1ccc2c(c1)OCO2)[NH+]1CCN(c2ccc(F)cc2)CC1. The second-order valence-electron chi connectivity index (χ2n) is 6.90. The van der Waals surface area contributed by atoms with Gasteiger partial charge in [-0.1, -0.05) is 0 Å². The molecule has 0 saturated carbocycles. The predicted octanol–water partition coefficient (Wildman–Crippen LogP) is 1.29. The molecule has 2 N–H and O–H groups in total. The summed E-state index contributed by atoms with van der Waals surface area (Å²) in [4.78, 5) is 16.1. The van der Waals surface area contributed by atoms with Crippen molar-refractivity contribution in [1.82, 2.24) is 0 Å². The molecule has 1 atom stereocenters. The van der Waals surface area contributed by atoms with E-state index in [1.165, 1.54) is 17.0 Å². The van der Waals surface area contributed by atoms with Crippen LogP contribution in [0.4, 0.5) is 15.8 Å². The van der Waals surface area contributed by atoms with Crippen molar-refractivity contribution < 1.29 is 23.6 Å². The molecule has 0 radical (unpaired) electrons. The highest BCUT2D eigenvalue weighted by atomic mass is 19.1. The minimum absolute atomic E-state index is 0.0147. The van der Waals surface area contributed by atoms with Gasteiger partial charge in [0.2, 0.25) is 6.79 Å². The van der Waals surface area contributed by atoms with Crippen molar-refractivity contribution in [2.75, 3.05) is 43.2 Å². The summed E-state index contributed by atoms with van der Waals surface area (Å²) in [7, 11) is 0. The number of fused-ring (bicyclic) bond motifs is 1. The summed E-state index contributed by atoms with van der Waals surface area (Å²) in [5.41, 5.74) is 1.73. The molecule has 2 aliphatic heterocycles. The Balaban J connectivity index is 1.32. The molecule has 0 aliphatic carbocycles. The van der Waals surface area contributed by atoms with Gasteiger partial charge in [0.25, 0.3) is 5.91 Å². The molecule has 142 valence electrons. The maximum atomic E-state index is 13.1. The molecule has 2 aromatic carbocycles. The van der Waals surface area contributed by atoms with Gasteiger partial charge in [0.15, 0.2) is 17.5 Å². The number of piperazine rings is 1. The van der Waals surface area contributed by atoms with E-state index in [2.05, 4.69) is 10.2 Å². The molecule has 0 unspecified atom stereocenters. The smallest absolute Gasteiger partial charge is 0.282 e. The van der Waals surface area contributed by atoms with Crippen LogP contribution in [0, 0.1) is 5.82 Å². The Morgan fingerprint density at radius 2 is 1.81 bits per heavy atom. The van der Waals surface area contributed by atoms with Gasteiger partial charge in [-0.05, 0) is 43.3 Å². The first-order chi connectivity index (χ1) is 13.1. The normalized spacial score (nSPS) is 17.6. The van der Waals surface area contributed by atoms with Crippen LogP contribution in [0.3, 0.4) is 0 Å². The second kappa shape index (κ2) is 7.44. The number of hydrogen-bond donors (Lipinski definition) is 2. The molecular formula is C20H23FN3O3+. The summed E-state index contributed by atoms with van der Waals surface area (Å²) in [6, 6.07) is 11.8. The van der Waals surface area contributed by atoms with Crippen molar-refractivity contribution in [1.29, 1.82) is 0 Å². The number of anilines is 2. The fraction of sp³-hybridized carbons (Fsp3) is 0.350. The zero-order valence-corrected chi connectivity index (χ0v) is 15.2. The molecule has 7 heteroatoms. The van der Waals surface area contributed by atoms with Crippen molar-refractivity contribution in [2.24, 2.45) is 0 Å². The van der Waals surface area contributed by atoms with Gasteiger partial charge in [-0.25, -0.2) is 4.39 Å². The van der Waals surface area contributed by atoms with Gasteiger partial charge in [-0.2, -0.15) is 0 Å². The lowest BCUT2D eigenvalue weighted by atomic mass is 10.2. The lowest BCUT2D eigenvalue weighted by Gasteiger charge is -2.36. The fourth-order valence-corrected chi connectivity index (χ4v) is 3.55. The summed E-state index contributed by atoms with van der Waals surface area (Å²) in [6.45, 7) is 5.54. The highest BCUT2D eigenvalue weighted by Crippen LogP contribution is 2.34. The molecule has 0 aromatic heterocycles. The molecule has 1 fully saturated rings. The van der Waals surface area contributed by atoms with E-state index >= 15 is 0 Å². The summed E-state index contributed by atoms with van der Waals surface area (Å²) < 4.78 is 23.7. The van der Waals surface area contributed by atoms with E-state index in [-0.39, 0.29) is 24.6 Å². The number of carbonyl (C=O) groups is 1. The Labute approximate surface area is 157 Å². The van der Waals surface area contributed by atoms with Crippen LogP contribution in [0.2, 0.25) is 0 Å². The molecule has 4 rings (SSSR count). The Hall–Kier alpha value is -2.80. The zero-order valence-electron chi connectivity index (χ0n) is 15.2. The maximum absolute atomic E-state index is 13.1. The highest BCUT2D eigenvalue weighted by molar-refractivity contribution is 5.94. The van der Waals surface area contributed by atoms with E-state index in [0.29, 0.717) is 17.2 Å². The van der Waals surface area contributed by atoms with Crippen LogP contribution in [-0.4, -0.2) is 44.9 Å². The van der Waals surface area contributed by atoms with E-state index in [4.69, 9.17) is 9.47 Å². The predicted molar refractivity (Wildman–Crippen MR) is 100.0 cm³/mol. The van der Waals surface area contributed by atoms with E-state index < -0.39 is 0 Å². The molecule has 2 aliphatic rings. The van der Waals surface area contributed by atoms with Crippen LogP contribution in [0.15, 0.2) is 42.5 Å². The van der Waals surface area contributed by atoms with Crippen molar-refractivity contribution in [2.45, 2.75) is 13.0 Å². The zero-order chi connectivity index (χ0) is 18.8. The molecule has 6 nitrogen and oxygen atoms in total. The highest BCUT2D eigenvalue weighted by Gasteiger charge is 2.29. The Bertz CT molecular complexity index is 820. The number of nitrogens with zero attached hydrogens (tertiary/aromatic N) is 1. The summed E-state index contributed by atoms with van der Waals surface area (Å²) in [5.74, 6) is 1.11. The molecule has 1 amide bonds. The van der Waals surface area contributed by atoms with Gasteiger partial charge >= 0.3 is 0 Å². The number of benzene rings is 2. The first-order valence-corrected chi connectivity index (χ1v) is 9.16. The lowest BCUT2D eigenvalue weighted by molar-refractivity contribution is -0.914. The number of ether oxygens (including phenoxy) is 2. The van der Waals surface area contributed by atoms with Gasteiger partial charge < -0.3 is 24.6 Å². The summed E-state index contributed by atoms with van der Waals surface area (Å²) >= 11 is 0. The molecule has 0 spiro atoms.